The zero-order valence-corrected chi connectivity index (χ0v) is 10.00. The van der Waals surface area contributed by atoms with Gasteiger partial charge in [0.15, 0.2) is 0 Å². The fourth-order valence-corrected chi connectivity index (χ4v) is 2.02. The molecule has 0 saturated carbocycles. The van der Waals surface area contributed by atoms with Gasteiger partial charge in [-0.05, 0) is 46.2 Å². The van der Waals surface area contributed by atoms with Gasteiger partial charge in [0.25, 0.3) is 0 Å². The van der Waals surface area contributed by atoms with E-state index in [4.69, 9.17) is 11.0 Å². The summed E-state index contributed by atoms with van der Waals surface area (Å²) in [6, 6.07) is 2.73. The van der Waals surface area contributed by atoms with Gasteiger partial charge in [-0.3, -0.25) is 0 Å². The largest absolute Gasteiger partial charge is 0.326 e. The van der Waals surface area contributed by atoms with Gasteiger partial charge in [-0.15, -0.1) is 0 Å². The number of unbranched alkanes of at least 4 members (excludes halogenated alkanes) is 1. The van der Waals surface area contributed by atoms with E-state index in [0.717, 1.165) is 38.9 Å². The number of nitriles is 1. The van der Waals surface area contributed by atoms with Gasteiger partial charge in [0.05, 0.1) is 11.5 Å². The lowest BCUT2D eigenvalue weighted by atomic mass is 9.89. The summed E-state index contributed by atoms with van der Waals surface area (Å²) >= 11 is 0. The summed E-state index contributed by atoms with van der Waals surface area (Å²) in [5.74, 6) is 0. The number of nitrogens with two attached hydrogens (primary N) is 1. The predicted octanol–water partition coefficient (Wildman–Crippen LogP) is 1.74. The summed E-state index contributed by atoms with van der Waals surface area (Å²) in [6.45, 7) is 7.39. The normalized spacial score (nSPS) is 22.9. The minimum Gasteiger partial charge on any atom is -0.326 e. The summed E-state index contributed by atoms with van der Waals surface area (Å²) in [6.07, 6.45) is 4.48. The highest BCUT2D eigenvalue weighted by Crippen LogP contribution is 2.21. The maximum Gasteiger partial charge on any atom is 0.0683 e. The molecule has 1 fully saturated rings. The quantitative estimate of drug-likeness (QED) is 0.702. The molecule has 1 aliphatic rings. The van der Waals surface area contributed by atoms with Gasteiger partial charge < -0.3 is 10.6 Å². The minimum atomic E-state index is -0.151. The van der Waals surface area contributed by atoms with E-state index in [1.54, 1.807) is 0 Å². The Morgan fingerprint density at radius 2 is 2.20 bits per heavy atom. The van der Waals surface area contributed by atoms with Gasteiger partial charge in [0.2, 0.25) is 0 Å². The van der Waals surface area contributed by atoms with Gasteiger partial charge in [0, 0.05) is 12.6 Å². The van der Waals surface area contributed by atoms with Crippen molar-refractivity contribution in [3.8, 4) is 6.07 Å². The zero-order valence-electron chi connectivity index (χ0n) is 10.00. The second-order valence-electron chi connectivity index (χ2n) is 5.30. The lowest BCUT2D eigenvalue weighted by Gasteiger charge is -2.17. The van der Waals surface area contributed by atoms with Crippen LogP contribution >= 0.6 is 0 Å². The van der Waals surface area contributed by atoms with Crippen molar-refractivity contribution in [1.82, 2.24) is 4.90 Å². The van der Waals surface area contributed by atoms with Crippen molar-refractivity contribution in [3.63, 3.8) is 0 Å². The first-order valence-corrected chi connectivity index (χ1v) is 5.93. The molecule has 2 N–H and O–H groups in total. The van der Waals surface area contributed by atoms with Crippen molar-refractivity contribution in [2.75, 3.05) is 19.6 Å². The topological polar surface area (TPSA) is 53.0 Å². The Kier molecular flexibility index (Phi) is 4.56. The van der Waals surface area contributed by atoms with E-state index in [1.807, 2.05) is 13.8 Å². The summed E-state index contributed by atoms with van der Waals surface area (Å²) in [4.78, 5) is 2.43. The number of hydrogen-bond acceptors (Lipinski definition) is 3. The second kappa shape index (κ2) is 5.48. The van der Waals surface area contributed by atoms with Crippen molar-refractivity contribution < 1.29 is 0 Å². The Morgan fingerprint density at radius 1 is 1.47 bits per heavy atom. The average molecular weight is 209 g/mol. The van der Waals surface area contributed by atoms with E-state index in [1.165, 1.54) is 6.42 Å². The van der Waals surface area contributed by atoms with Crippen molar-refractivity contribution in [2.45, 2.75) is 45.6 Å². The van der Waals surface area contributed by atoms with Crippen LogP contribution < -0.4 is 5.73 Å². The first-order chi connectivity index (χ1) is 7.03. The molecule has 0 aromatic heterocycles. The van der Waals surface area contributed by atoms with Crippen LogP contribution in [0, 0.1) is 16.7 Å². The lowest BCUT2D eigenvalue weighted by molar-refractivity contribution is 0.313. The van der Waals surface area contributed by atoms with Crippen LogP contribution in [0.25, 0.3) is 0 Å². The number of rotatable bonds is 5. The zero-order chi connectivity index (χ0) is 11.3. The summed E-state index contributed by atoms with van der Waals surface area (Å²) in [5.41, 5.74) is 5.68. The number of hydrogen-bond donors (Lipinski definition) is 1. The lowest BCUT2D eigenvalue weighted by Crippen LogP contribution is -2.27. The third-order valence-corrected chi connectivity index (χ3v) is 3.14. The first-order valence-electron chi connectivity index (χ1n) is 5.93. The molecule has 15 heavy (non-hydrogen) atoms. The van der Waals surface area contributed by atoms with Gasteiger partial charge in [-0.25, -0.2) is 0 Å². The van der Waals surface area contributed by atoms with Crippen molar-refractivity contribution in [1.29, 1.82) is 5.26 Å². The SMILES string of the molecule is CC(C)(C#N)CCCCN1CC[C@H](N)C1. The summed E-state index contributed by atoms with van der Waals surface area (Å²) in [7, 11) is 0. The van der Waals surface area contributed by atoms with E-state index in [9.17, 15) is 0 Å². The summed E-state index contributed by atoms with van der Waals surface area (Å²) < 4.78 is 0. The number of likely N-dealkylation sites (tertiary alicyclic amines) is 1. The molecule has 0 aromatic rings. The molecule has 0 unspecified atom stereocenters. The molecule has 1 atom stereocenters. The molecule has 0 bridgehead atoms. The fraction of sp³-hybridized carbons (Fsp3) is 0.917. The molecule has 0 amide bonds. The van der Waals surface area contributed by atoms with Gasteiger partial charge in [-0.1, -0.05) is 6.42 Å². The van der Waals surface area contributed by atoms with Crippen molar-refractivity contribution >= 4 is 0 Å². The summed E-state index contributed by atoms with van der Waals surface area (Å²) in [5, 5.41) is 8.86. The highest BCUT2D eigenvalue weighted by atomic mass is 15.2. The van der Waals surface area contributed by atoms with Crippen LogP contribution in [0.5, 0.6) is 0 Å². The van der Waals surface area contributed by atoms with E-state index in [2.05, 4.69) is 11.0 Å². The maximum absolute atomic E-state index is 8.86. The average Bonchev–Trinajstić information content (AvgIpc) is 2.59. The first kappa shape index (κ1) is 12.5. The Bertz CT molecular complexity index is 230. The molecule has 0 radical (unpaired) electrons. The minimum absolute atomic E-state index is 0.151. The highest BCUT2D eigenvalue weighted by molar-refractivity contribution is 4.91. The van der Waals surface area contributed by atoms with E-state index >= 15 is 0 Å². The molecule has 1 saturated heterocycles. The van der Waals surface area contributed by atoms with Crippen LogP contribution in [0.2, 0.25) is 0 Å². The van der Waals surface area contributed by atoms with Crippen LogP contribution in [-0.2, 0) is 0 Å². The monoisotopic (exact) mass is 209 g/mol. The van der Waals surface area contributed by atoms with Gasteiger partial charge in [0.1, 0.15) is 0 Å². The highest BCUT2D eigenvalue weighted by Gasteiger charge is 2.19. The van der Waals surface area contributed by atoms with Crippen molar-refractivity contribution in [3.05, 3.63) is 0 Å². The third-order valence-electron chi connectivity index (χ3n) is 3.14. The fourth-order valence-electron chi connectivity index (χ4n) is 2.02. The van der Waals surface area contributed by atoms with E-state index < -0.39 is 0 Å². The Hall–Kier alpha value is -0.590. The molecular weight excluding hydrogens is 186 g/mol. The van der Waals surface area contributed by atoms with Crippen LogP contribution in [0.4, 0.5) is 0 Å². The van der Waals surface area contributed by atoms with Crippen molar-refractivity contribution in [2.24, 2.45) is 11.1 Å². The maximum atomic E-state index is 8.86. The molecule has 3 heteroatoms. The van der Waals surface area contributed by atoms with E-state index in [-0.39, 0.29) is 5.41 Å². The van der Waals surface area contributed by atoms with Crippen LogP contribution in [0.1, 0.15) is 39.5 Å². The molecule has 3 nitrogen and oxygen atoms in total. The van der Waals surface area contributed by atoms with E-state index in [0.29, 0.717) is 6.04 Å². The molecule has 1 rings (SSSR count). The molecule has 1 heterocycles. The molecule has 1 aliphatic heterocycles. The molecule has 0 aromatic carbocycles. The Labute approximate surface area is 93.2 Å². The predicted molar refractivity (Wildman–Crippen MR) is 62.3 cm³/mol. The molecular formula is C12H23N3. The number of nitrogens with zero attached hydrogens (tertiary/aromatic N) is 2. The second-order valence-corrected chi connectivity index (χ2v) is 5.30. The third kappa shape index (κ3) is 4.63. The van der Waals surface area contributed by atoms with Gasteiger partial charge in [-0.2, -0.15) is 5.26 Å². The van der Waals surface area contributed by atoms with Crippen LogP contribution in [0.3, 0.4) is 0 Å². The molecule has 86 valence electrons. The Morgan fingerprint density at radius 3 is 2.73 bits per heavy atom. The molecule has 0 spiro atoms. The standard InChI is InChI=1S/C12H23N3/c1-12(2,10-13)6-3-4-7-15-8-5-11(14)9-15/h11H,3-9,14H2,1-2H3/t11-/m0/s1. The smallest absolute Gasteiger partial charge is 0.0683 e. The van der Waals surface area contributed by atoms with Crippen LogP contribution in [-0.4, -0.2) is 30.6 Å². The molecule has 0 aliphatic carbocycles. The van der Waals surface area contributed by atoms with Crippen LogP contribution in [0.15, 0.2) is 0 Å². The van der Waals surface area contributed by atoms with Gasteiger partial charge >= 0.3 is 0 Å². The Balaban J connectivity index is 2.05.